The zero-order chi connectivity index (χ0) is 8.55. The lowest BCUT2D eigenvalue weighted by Crippen LogP contribution is -1.98. The van der Waals surface area contributed by atoms with Crippen molar-refractivity contribution in [3.8, 4) is 5.75 Å². The van der Waals surface area contributed by atoms with Gasteiger partial charge in [0.25, 0.3) is 0 Å². The molecule has 4 heteroatoms. The summed E-state index contributed by atoms with van der Waals surface area (Å²) in [4.78, 5) is 3.58. The van der Waals surface area contributed by atoms with E-state index in [2.05, 4.69) is 20.9 Å². The van der Waals surface area contributed by atoms with Crippen LogP contribution in [-0.4, -0.2) is 11.1 Å². The fourth-order valence-corrected chi connectivity index (χ4v) is 1.25. The van der Waals surface area contributed by atoms with E-state index in [1.54, 1.807) is 6.07 Å². The Hall–Kier alpha value is -0.640. The number of ether oxygens (including phenoxy) is 1. The summed E-state index contributed by atoms with van der Waals surface area (Å²) in [7, 11) is 0. The van der Waals surface area contributed by atoms with Gasteiger partial charge in [0.2, 0.25) is 5.95 Å². The van der Waals surface area contributed by atoms with Gasteiger partial charge in [-0.25, -0.2) is 4.98 Å². The number of hydrogen-bond acceptors (Lipinski definition) is 2. The summed E-state index contributed by atoms with van der Waals surface area (Å²) in [6.45, 7) is 0. The standard InChI is InChI=1S/C8H7BrFNO/c9-8-6(12-5-1-2-5)3-4-7(10)11-8/h3-5H,1-2H2. The Morgan fingerprint density at radius 3 is 2.83 bits per heavy atom. The first kappa shape index (κ1) is 7.98. The molecule has 0 spiro atoms. The second-order valence-electron chi connectivity index (χ2n) is 2.74. The quantitative estimate of drug-likeness (QED) is 0.731. The molecule has 0 amide bonds. The second-order valence-corrected chi connectivity index (χ2v) is 3.49. The molecule has 0 atom stereocenters. The number of halogens is 2. The van der Waals surface area contributed by atoms with Gasteiger partial charge in [0.15, 0.2) is 10.4 Å². The van der Waals surface area contributed by atoms with Gasteiger partial charge >= 0.3 is 0 Å². The molecule has 1 fully saturated rings. The lowest BCUT2D eigenvalue weighted by atomic mass is 10.4. The maximum absolute atomic E-state index is 12.5. The van der Waals surface area contributed by atoms with Crippen LogP contribution in [0.5, 0.6) is 5.75 Å². The SMILES string of the molecule is Fc1ccc(OC2CC2)c(Br)n1. The molecule has 1 aliphatic carbocycles. The summed E-state index contributed by atoms with van der Waals surface area (Å²) in [6, 6.07) is 2.88. The van der Waals surface area contributed by atoms with E-state index >= 15 is 0 Å². The van der Waals surface area contributed by atoms with Crippen LogP contribution < -0.4 is 4.74 Å². The lowest BCUT2D eigenvalue weighted by molar-refractivity contribution is 0.298. The highest BCUT2D eigenvalue weighted by Gasteiger charge is 2.24. The Labute approximate surface area is 77.9 Å². The van der Waals surface area contributed by atoms with Gasteiger partial charge in [0.1, 0.15) is 0 Å². The summed E-state index contributed by atoms with van der Waals surface area (Å²) in [5.41, 5.74) is 0. The minimum absolute atomic E-state index is 0.313. The Morgan fingerprint density at radius 1 is 1.50 bits per heavy atom. The average Bonchev–Trinajstić information content (AvgIpc) is 2.79. The zero-order valence-corrected chi connectivity index (χ0v) is 7.84. The predicted molar refractivity (Wildman–Crippen MR) is 45.5 cm³/mol. The first-order valence-electron chi connectivity index (χ1n) is 3.74. The van der Waals surface area contributed by atoms with Crippen molar-refractivity contribution in [2.45, 2.75) is 18.9 Å². The molecule has 1 aromatic heterocycles. The van der Waals surface area contributed by atoms with E-state index in [4.69, 9.17) is 4.74 Å². The van der Waals surface area contributed by atoms with Gasteiger partial charge in [-0.1, -0.05) is 0 Å². The van der Waals surface area contributed by atoms with Gasteiger partial charge in [0.05, 0.1) is 6.10 Å². The molecule has 1 saturated carbocycles. The van der Waals surface area contributed by atoms with Crippen molar-refractivity contribution in [3.63, 3.8) is 0 Å². The van der Waals surface area contributed by atoms with E-state index in [0.717, 1.165) is 12.8 Å². The predicted octanol–water partition coefficient (Wildman–Crippen LogP) is 2.52. The molecular weight excluding hydrogens is 225 g/mol. The normalized spacial score (nSPS) is 16.2. The summed E-state index contributed by atoms with van der Waals surface area (Å²) >= 11 is 3.13. The van der Waals surface area contributed by atoms with E-state index in [-0.39, 0.29) is 0 Å². The van der Waals surface area contributed by atoms with Gasteiger partial charge in [0, 0.05) is 0 Å². The van der Waals surface area contributed by atoms with Crippen LogP contribution in [0.4, 0.5) is 4.39 Å². The minimum atomic E-state index is -0.495. The first-order chi connectivity index (χ1) is 5.75. The Bertz CT molecular complexity index is 301. The summed E-state index contributed by atoms with van der Waals surface area (Å²) in [6.07, 6.45) is 2.49. The fourth-order valence-electron chi connectivity index (χ4n) is 0.853. The van der Waals surface area contributed by atoms with E-state index in [1.807, 2.05) is 0 Å². The van der Waals surface area contributed by atoms with Crippen LogP contribution >= 0.6 is 15.9 Å². The molecular formula is C8H7BrFNO. The van der Waals surface area contributed by atoms with Crippen molar-refractivity contribution in [2.24, 2.45) is 0 Å². The van der Waals surface area contributed by atoms with Crippen molar-refractivity contribution < 1.29 is 9.13 Å². The maximum Gasteiger partial charge on any atom is 0.214 e. The summed E-state index contributed by atoms with van der Waals surface area (Å²) in [5.74, 6) is 0.129. The molecule has 64 valence electrons. The molecule has 2 nitrogen and oxygen atoms in total. The van der Waals surface area contributed by atoms with E-state index in [1.165, 1.54) is 6.07 Å². The number of rotatable bonds is 2. The largest absolute Gasteiger partial charge is 0.488 e. The highest BCUT2D eigenvalue weighted by Crippen LogP contribution is 2.30. The highest BCUT2D eigenvalue weighted by molar-refractivity contribution is 9.10. The first-order valence-corrected chi connectivity index (χ1v) is 4.54. The van der Waals surface area contributed by atoms with Crippen LogP contribution in [0, 0.1) is 5.95 Å². The second kappa shape index (κ2) is 3.01. The Kier molecular flexibility index (Phi) is 2.00. The van der Waals surface area contributed by atoms with E-state index < -0.39 is 5.95 Å². The average molecular weight is 232 g/mol. The molecule has 1 heterocycles. The Balaban J connectivity index is 2.18. The van der Waals surface area contributed by atoms with Crippen molar-refractivity contribution in [3.05, 3.63) is 22.7 Å². The monoisotopic (exact) mass is 231 g/mol. The molecule has 0 aromatic carbocycles. The number of pyridine rings is 1. The van der Waals surface area contributed by atoms with E-state index in [9.17, 15) is 4.39 Å². The molecule has 0 unspecified atom stereocenters. The van der Waals surface area contributed by atoms with Gasteiger partial charge in [-0.15, -0.1) is 0 Å². The lowest BCUT2D eigenvalue weighted by Gasteiger charge is -2.04. The van der Waals surface area contributed by atoms with Crippen LogP contribution in [-0.2, 0) is 0 Å². The third kappa shape index (κ3) is 1.75. The molecule has 0 aliphatic heterocycles. The minimum Gasteiger partial charge on any atom is -0.488 e. The van der Waals surface area contributed by atoms with Crippen LogP contribution in [0.1, 0.15) is 12.8 Å². The number of hydrogen-bond donors (Lipinski definition) is 0. The van der Waals surface area contributed by atoms with Gasteiger partial charge in [-0.2, -0.15) is 4.39 Å². The van der Waals surface area contributed by atoms with Gasteiger partial charge in [-0.3, -0.25) is 0 Å². The van der Waals surface area contributed by atoms with Crippen molar-refractivity contribution in [2.75, 3.05) is 0 Å². The molecule has 0 N–H and O–H groups in total. The molecule has 0 bridgehead atoms. The number of aromatic nitrogens is 1. The van der Waals surface area contributed by atoms with Crippen LogP contribution in [0.3, 0.4) is 0 Å². The van der Waals surface area contributed by atoms with Crippen LogP contribution in [0.15, 0.2) is 16.7 Å². The van der Waals surface area contributed by atoms with Gasteiger partial charge in [-0.05, 0) is 40.9 Å². The number of nitrogens with zero attached hydrogens (tertiary/aromatic N) is 1. The molecule has 1 aromatic rings. The molecule has 12 heavy (non-hydrogen) atoms. The fraction of sp³-hybridized carbons (Fsp3) is 0.375. The summed E-state index contributed by atoms with van der Waals surface area (Å²) in [5, 5.41) is 0. The summed E-state index contributed by atoms with van der Waals surface area (Å²) < 4.78 is 18.4. The van der Waals surface area contributed by atoms with Crippen LogP contribution in [0.2, 0.25) is 0 Å². The zero-order valence-electron chi connectivity index (χ0n) is 6.26. The topological polar surface area (TPSA) is 22.1 Å². The Morgan fingerprint density at radius 2 is 2.25 bits per heavy atom. The smallest absolute Gasteiger partial charge is 0.214 e. The maximum atomic E-state index is 12.5. The molecule has 2 rings (SSSR count). The third-order valence-corrected chi connectivity index (χ3v) is 2.17. The van der Waals surface area contributed by atoms with Crippen LogP contribution in [0.25, 0.3) is 0 Å². The van der Waals surface area contributed by atoms with E-state index in [0.29, 0.717) is 16.5 Å². The molecule has 0 saturated heterocycles. The highest BCUT2D eigenvalue weighted by atomic mass is 79.9. The molecule has 1 aliphatic rings. The molecule has 0 radical (unpaired) electrons. The van der Waals surface area contributed by atoms with Gasteiger partial charge < -0.3 is 4.74 Å². The van der Waals surface area contributed by atoms with Crippen molar-refractivity contribution in [1.82, 2.24) is 4.98 Å². The third-order valence-electron chi connectivity index (χ3n) is 1.60. The van der Waals surface area contributed by atoms with Crippen molar-refractivity contribution >= 4 is 15.9 Å². The van der Waals surface area contributed by atoms with Crippen molar-refractivity contribution in [1.29, 1.82) is 0 Å².